The molecule has 0 fully saturated rings. The van der Waals surface area contributed by atoms with Gasteiger partial charge in [-0.2, -0.15) is 0 Å². The molecule has 1 aromatic heterocycles. The number of benzene rings is 1. The zero-order chi connectivity index (χ0) is 15.8. The fourth-order valence-electron chi connectivity index (χ4n) is 1.92. The van der Waals surface area contributed by atoms with E-state index < -0.39 is 0 Å². The maximum atomic E-state index is 11.6. The largest absolute Gasteiger partial charge is 0.350 e. The van der Waals surface area contributed by atoms with E-state index in [2.05, 4.69) is 16.2 Å². The molecule has 2 rings (SSSR count). The molecule has 0 spiro atoms. The summed E-state index contributed by atoms with van der Waals surface area (Å²) in [5.41, 5.74) is 2.06. The zero-order valence-corrected chi connectivity index (χ0v) is 13.7. The Kier molecular flexibility index (Phi) is 6.45. The molecule has 5 heteroatoms. The number of carbonyl (C=O) groups excluding carboxylic acids is 1. The van der Waals surface area contributed by atoms with Crippen LogP contribution in [0.2, 0.25) is 5.02 Å². The molecule has 0 aliphatic carbocycles. The van der Waals surface area contributed by atoms with Gasteiger partial charge in [-0.1, -0.05) is 23.7 Å². The second-order valence-corrected chi connectivity index (χ2v) is 6.25. The van der Waals surface area contributed by atoms with Crippen LogP contribution in [0.5, 0.6) is 0 Å². The summed E-state index contributed by atoms with van der Waals surface area (Å²) >= 11 is 7.47. The Morgan fingerprint density at radius 1 is 1.36 bits per heavy atom. The van der Waals surface area contributed by atoms with Crippen LogP contribution in [0.1, 0.15) is 35.5 Å². The summed E-state index contributed by atoms with van der Waals surface area (Å²) in [5.74, 6) is 2.54. The highest BCUT2D eigenvalue weighted by Crippen LogP contribution is 2.17. The molecule has 0 bridgehead atoms. The van der Waals surface area contributed by atoms with E-state index >= 15 is 0 Å². The first kappa shape index (κ1) is 16.5. The second-order valence-electron chi connectivity index (χ2n) is 4.87. The Hall–Kier alpha value is -1.83. The predicted octanol–water partition coefficient (Wildman–Crippen LogP) is 3.81. The van der Waals surface area contributed by atoms with Crippen LogP contribution in [0.4, 0.5) is 0 Å². The van der Waals surface area contributed by atoms with Gasteiger partial charge in [0.25, 0.3) is 0 Å². The highest BCUT2D eigenvalue weighted by Gasteiger charge is 2.05. The molecule has 0 aliphatic rings. The number of thiazole rings is 1. The van der Waals surface area contributed by atoms with Crippen LogP contribution in [0.3, 0.4) is 0 Å². The molecule has 2 aromatic rings. The van der Waals surface area contributed by atoms with Gasteiger partial charge in [0.1, 0.15) is 0 Å². The first-order chi connectivity index (χ1) is 10.7. The first-order valence-electron chi connectivity index (χ1n) is 7.05. The third-order valence-corrected chi connectivity index (χ3v) is 4.21. The minimum absolute atomic E-state index is 0.0162. The van der Waals surface area contributed by atoms with E-state index in [1.54, 1.807) is 11.3 Å². The lowest BCUT2D eigenvalue weighted by molar-refractivity contribution is -0.121. The van der Waals surface area contributed by atoms with Gasteiger partial charge in [0, 0.05) is 29.7 Å². The van der Waals surface area contributed by atoms with Crippen molar-refractivity contribution in [3.8, 4) is 12.3 Å². The fourth-order valence-corrected chi connectivity index (χ4v) is 2.87. The molecule has 3 nitrogen and oxygen atoms in total. The van der Waals surface area contributed by atoms with Crippen molar-refractivity contribution in [1.29, 1.82) is 0 Å². The number of halogens is 1. The summed E-state index contributed by atoms with van der Waals surface area (Å²) in [6, 6.07) is 7.75. The summed E-state index contributed by atoms with van der Waals surface area (Å²) in [5, 5.41) is 6.60. The van der Waals surface area contributed by atoms with Crippen LogP contribution in [0.15, 0.2) is 29.6 Å². The van der Waals surface area contributed by atoms with Gasteiger partial charge in [-0.15, -0.1) is 23.7 Å². The number of rotatable bonds is 7. The summed E-state index contributed by atoms with van der Waals surface area (Å²) in [4.78, 5) is 16.1. The third-order valence-electron chi connectivity index (χ3n) is 3.06. The smallest absolute Gasteiger partial charge is 0.220 e. The van der Waals surface area contributed by atoms with Crippen LogP contribution >= 0.6 is 22.9 Å². The van der Waals surface area contributed by atoms with Crippen molar-refractivity contribution in [1.82, 2.24) is 10.3 Å². The first-order valence-corrected chi connectivity index (χ1v) is 8.31. The Morgan fingerprint density at radius 2 is 2.14 bits per heavy atom. The average molecular weight is 333 g/mol. The van der Waals surface area contributed by atoms with Gasteiger partial charge in [0.05, 0.1) is 17.2 Å². The maximum Gasteiger partial charge on any atom is 0.220 e. The molecule has 0 atom stereocenters. The van der Waals surface area contributed by atoms with Crippen molar-refractivity contribution < 1.29 is 4.79 Å². The standard InChI is InChI=1S/C17H17ClN2OS/c1-2-3-4-5-16(21)19-11-15-12-22-17(20-15)10-13-6-8-14(18)9-7-13/h1,6-9,12H,3-5,10-11H2,(H,19,21). The molecule has 1 heterocycles. The quantitative estimate of drug-likeness (QED) is 0.619. The van der Waals surface area contributed by atoms with Crippen molar-refractivity contribution in [3.63, 3.8) is 0 Å². The van der Waals surface area contributed by atoms with Crippen molar-refractivity contribution in [3.05, 3.63) is 50.9 Å². The number of carbonyl (C=O) groups is 1. The van der Waals surface area contributed by atoms with Crippen LogP contribution < -0.4 is 5.32 Å². The van der Waals surface area contributed by atoms with Gasteiger partial charge >= 0.3 is 0 Å². The van der Waals surface area contributed by atoms with E-state index in [0.29, 0.717) is 19.4 Å². The SMILES string of the molecule is C#CCCCC(=O)NCc1csc(Cc2ccc(Cl)cc2)n1. The second kappa shape index (κ2) is 8.57. The Bertz CT molecular complexity index is 658. The maximum absolute atomic E-state index is 11.6. The summed E-state index contributed by atoms with van der Waals surface area (Å²) in [6.45, 7) is 0.464. The topological polar surface area (TPSA) is 42.0 Å². The molecule has 0 aliphatic heterocycles. The Balaban J connectivity index is 1.80. The predicted molar refractivity (Wildman–Crippen MR) is 90.9 cm³/mol. The number of hydrogen-bond donors (Lipinski definition) is 1. The summed E-state index contributed by atoms with van der Waals surface area (Å²) < 4.78 is 0. The minimum atomic E-state index is 0.0162. The normalized spacial score (nSPS) is 10.2. The van der Waals surface area contributed by atoms with E-state index in [1.165, 1.54) is 5.56 Å². The molecule has 0 saturated carbocycles. The number of hydrogen-bond acceptors (Lipinski definition) is 3. The number of nitrogens with zero attached hydrogens (tertiary/aromatic N) is 1. The van der Waals surface area contributed by atoms with Crippen molar-refractivity contribution in [2.24, 2.45) is 0 Å². The van der Waals surface area contributed by atoms with E-state index in [9.17, 15) is 4.79 Å². The lowest BCUT2D eigenvalue weighted by Gasteiger charge is -2.02. The monoisotopic (exact) mass is 332 g/mol. The molecule has 1 amide bonds. The lowest BCUT2D eigenvalue weighted by Crippen LogP contribution is -2.22. The van der Waals surface area contributed by atoms with E-state index in [4.69, 9.17) is 18.0 Å². The lowest BCUT2D eigenvalue weighted by atomic mass is 10.2. The van der Waals surface area contributed by atoms with E-state index in [-0.39, 0.29) is 5.91 Å². The number of amides is 1. The molecular formula is C17H17ClN2OS. The summed E-state index contributed by atoms with van der Waals surface area (Å²) in [7, 11) is 0. The molecule has 0 saturated heterocycles. The minimum Gasteiger partial charge on any atom is -0.350 e. The van der Waals surface area contributed by atoms with Crippen LogP contribution in [0, 0.1) is 12.3 Å². The fraction of sp³-hybridized carbons (Fsp3) is 0.294. The highest BCUT2D eigenvalue weighted by molar-refractivity contribution is 7.09. The number of terminal acetylenes is 1. The molecule has 114 valence electrons. The molecule has 1 aromatic carbocycles. The van der Waals surface area contributed by atoms with Crippen LogP contribution in [0.25, 0.3) is 0 Å². The Labute approximate surface area is 139 Å². The van der Waals surface area contributed by atoms with Crippen molar-refractivity contribution in [2.45, 2.75) is 32.2 Å². The molecule has 0 radical (unpaired) electrons. The van der Waals surface area contributed by atoms with Gasteiger partial charge in [-0.05, 0) is 24.1 Å². The number of nitrogens with one attached hydrogen (secondary N) is 1. The molecular weight excluding hydrogens is 316 g/mol. The third kappa shape index (κ3) is 5.51. The average Bonchev–Trinajstić information content (AvgIpc) is 2.95. The van der Waals surface area contributed by atoms with Crippen molar-refractivity contribution in [2.75, 3.05) is 0 Å². The van der Waals surface area contributed by atoms with Gasteiger partial charge < -0.3 is 5.32 Å². The molecule has 1 N–H and O–H groups in total. The van der Waals surface area contributed by atoms with Crippen LogP contribution in [-0.4, -0.2) is 10.9 Å². The van der Waals surface area contributed by atoms with Gasteiger partial charge in [0.2, 0.25) is 5.91 Å². The summed E-state index contributed by atoms with van der Waals surface area (Å²) in [6.07, 6.45) is 7.75. The highest BCUT2D eigenvalue weighted by atomic mass is 35.5. The van der Waals surface area contributed by atoms with E-state index in [1.807, 2.05) is 29.6 Å². The molecule has 22 heavy (non-hydrogen) atoms. The van der Waals surface area contributed by atoms with Gasteiger partial charge in [-0.3, -0.25) is 4.79 Å². The number of aromatic nitrogens is 1. The van der Waals surface area contributed by atoms with Gasteiger partial charge in [-0.25, -0.2) is 4.98 Å². The van der Waals surface area contributed by atoms with E-state index in [0.717, 1.165) is 28.6 Å². The Morgan fingerprint density at radius 3 is 2.86 bits per heavy atom. The number of unbranched alkanes of at least 4 members (excludes halogenated alkanes) is 1. The molecule has 0 unspecified atom stereocenters. The van der Waals surface area contributed by atoms with Crippen LogP contribution in [-0.2, 0) is 17.8 Å². The zero-order valence-electron chi connectivity index (χ0n) is 12.1. The van der Waals surface area contributed by atoms with Gasteiger partial charge in [0.15, 0.2) is 0 Å². The van der Waals surface area contributed by atoms with Crippen molar-refractivity contribution >= 4 is 28.8 Å².